The first-order valence-corrected chi connectivity index (χ1v) is 9.90. The van der Waals surface area contributed by atoms with Gasteiger partial charge in [0.05, 0.1) is 6.26 Å². The van der Waals surface area contributed by atoms with E-state index >= 15 is 0 Å². The van der Waals surface area contributed by atoms with Gasteiger partial charge in [0.2, 0.25) is 0 Å². The zero-order chi connectivity index (χ0) is 17.6. The van der Waals surface area contributed by atoms with Gasteiger partial charge in [-0.05, 0) is 80.6 Å². The fourth-order valence-electron chi connectivity index (χ4n) is 4.45. The molecule has 138 valence electrons. The van der Waals surface area contributed by atoms with Crippen LogP contribution in [0.1, 0.15) is 30.6 Å². The van der Waals surface area contributed by atoms with E-state index in [0.29, 0.717) is 0 Å². The van der Waals surface area contributed by atoms with Gasteiger partial charge in [0.1, 0.15) is 5.76 Å². The summed E-state index contributed by atoms with van der Waals surface area (Å²) in [7, 11) is 0. The van der Waals surface area contributed by atoms with Crippen LogP contribution in [0.25, 0.3) is 6.08 Å². The minimum absolute atomic E-state index is 0.882. The fraction of sp³-hybridized carbons (Fsp3) is 0.500. The zero-order valence-electron chi connectivity index (χ0n) is 15.5. The molecule has 0 aromatic carbocycles. The Morgan fingerprint density at radius 3 is 2.65 bits per heavy atom. The Morgan fingerprint density at radius 2 is 1.88 bits per heavy atom. The maximum atomic E-state index is 5.35. The average Bonchev–Trinajstić information content (AvgIpc) is 3.36. The number of aromatic nitrogens is 1. The first-order chi connectivity index (χ1) is 12.9. The number of hydrogen-bond donors (Lipinski definition) is 0. The molecule has 2 aliphatic rings. The number of hydrogen-bond acceptors (Lipinski definition) is 4. The first-order valence-electron chi connectivity index (χ1n) is 9.90. The van der Waals surface area contributed by atoms with Crippen molar-refractivity contribution in [2.45, 2.75) is 25.8 Å². The highest BCUT2D eigenvalue weighted by Crippen LogP contribution is 2.32. The highest BCUT2D eigenvalue weighted by molar-refractivity contribution is 5.42. The summed E-state index contributed by atoms with van der Waals surface area (Å²) >= 11 is 0. The molecule has 0 amide bonds. The van der Waals surface area contributed by atoms with E-state index in [-0.39, 0.29) is 0 Å². The van der Waals surface area contributed by atoms with Crippen LogP contribution in [0.4, 0.5) is 0 Å². The topological polar surface area (TPSA) is 32.5 Å². The zero-order valence-corrected chi connectivity index (χ0v) is 15.5. The van der Waals surface area contributed by atoms with Crippen LogP contribution >= 0.6 is 0 Å². The van der Waals surface area contributed by atoms with Gasteiger partial charge in [-0.2, -0.15) is 0 Å². The summed E-state index contributed by atoms with van der Waals surface area (Å²) in [5, 5.41) is 0. The molecule has 0 N–H and O–H groups in total. The third-order valence-electron chi connectivity index (χ3n) is 5.93. The van der Waals surface area contributed by atoms with Crippen molar-refractivity contribution in [3.05, 3.63) is 60.3 Å². The Morgan fingerprint density at radius 1 is 1.04 bits per heavy atom. The van der Waals surface area contributed by atoms with Crippen LogP contribution in [-0.2, 0) is 6.54 Å². The molecule has 2 aromatic rings. The molecule has 0 spiro atoms. The Bertz CT molecular complexity index is 675. The lowest BCUT2D eigenvalue weighted by Crippen LogP contribution is -2.36. The van der Waals surface area contributed by atoms with Crippen LogP contribution in [0.3, 0.4) is 0 Å². The predicted molar refractivity (Wildman–Crippen MR) is 105 cm³/mol. The van der Waals surface area contributed by atoms with Gasteiger partial charge >= 0.3 is 0 Å². The highest BCUT2D eigenvalue weighted by atomic mass is 16.3. The molecule has 0 radical (unpaired) electrons. The first kappa shape index (κ1) is 17.5. The summed E-state index contributed by atoms with van der Waals surface area (Å²) < 4.78 is 5.35. The molecule has 0 bridgehead atoms. The fourth-order valence-corrected chi connectivity index (χ4v) is 4.45. The number of likely N-dealkylation sites (tertiary alicyclic amines) is 2. The third-order valence-corrected chi connectivity index (χ3v) is 5.93. The number of piperidine rings is 1. The van der Waals surface area contributed by atoms with Gasteiger partial charge in [0, 0.05) is 32.0 Å². The lowest BCUT2D eigenvalue weighted by atomic mass is 9.83. The van der Waals surface area contributed by atoms with Gasteiger partial charge in [-0.1, -0.05) is 12.1 Å². The minimum Gasteiger partial charge on any atom is -0.465 e. The lowest BCUT2D eigenvalue weighted by molar-refractivity contribution is 0.142. The van der Waals surface area contributed by atoms with Crippen LogP contribution in [0.15, 0.2) is 53.4 Å². The van der Waals surface area contributed by atoms with E-state index in [9.17, 15) is 0 Å². The van der Waals surface area contributed by atoms with E-state index in [1.165, 1.54) is 51.0 Å². The molecule has 0 saturated carbocycles. The van der Waals surface area contributed by atoms with Crippen LogP contribution in [0.5, 0.6) is 0 Å². The van der Waals surface area contributed by atoms with Gasteiger partial charge in [0.25, 0.3) is 0 Å². The molecule has 26 heavy (non-hydrogen) atoms. The predicted octanol–water partition coefficient (Wildman–Crippen LogP) is 3.92. The maximum absolute atomic E-state index is 5.35. The van der Waals surface area contributed by atoms with E-state index in [4.69, 9.17) is 4.42 Å². The Kier molecular flexibility index (Phi) is 5.82. The van der Waals surface area contributed by atoms with Gasteiger partial charge in [-0.25, -0.2) is 0 Å². The molecular formula is C22H29N3O. The molecule has 4 rings (SSSR count). The Labute approximate surface area is 156 Å². The molecule has 4 heterocycles. The van der Waals surface area contributed by atoms with E-state index < -0.39 is 0 Å². The molecule has 1 atom stereocenters. The summed E-state index contributed by atoms with van der Waals surface area (Å²) in [6.07, 6.45) is 14.0. The minimum atomic E-state index is 0.882. The van der Waals surface area contributed by atoms with Crippen molar-refractivity contribution in [1.29, 1.82) is 0 Å². The second-order valence-electron chi connectivity index (χ2n) is 7.70. The lowest BCUT2D eigenvalue weighted by Gasteiger charge is -2.34. The third kappa shape index (κ3) is 4.63. The van der Waals surface area contributed by atoms with Gasteiger partial charge < -0.3 is 4.42 Å². The Hall–Kier alpha value is -1.91. The van der Waals surface area contributed by atoms with Crippen molar-refractivity contribution in [1.82, 2.24) is 14.8 Å². The molecule has 0 aliphatic carbocycles. The molecule has 2 saturated heterocycles. The monoisotopic (exact) mass is 351 g/mol. The van der Waals surface area contributed by atoms with Crippen molar-refractivity contribution in [2.24, 2.45) is 11.8 Å². The quantitative estimate of drug-likeness (QED) is 0.790. The normalized spacial score (nSPS) is 23.2. The van der Waals surface area contributed by atoms with Crippen molar-refractivity contribution in [3.63, 3.8) is 0 Å². The van der Waals surface area contributed by atoms with E-state index in [0.717, 1.165) is 30.7 Å². The largest absolute Gasteiger partial charge is 0.465 e. The molecule has 2 aliphatic heterocycles. The number of pyridine rings is 1. The van der Waals surface area contributed by atoms with Crippen LogP contribution in [0.2, 0.25) is 0 Å². The van der Waals surface area contributed by atoms with E-state index in [1.54, 1.807) is 6.26 Å². The number of rotatable bonds is 6. The highest BCUT2D eigenvalue weighted by Gasteiger charge is 2.31. The second kappa shape index (κ2) is 8.65. The SMILES string of the molecule is C(=C\c1ccco1)/CN1CCC(C2CCN(Cc3cccnc3)CC2)C1. The van der Waals surface area contributed by atoms with Gasteiger partial charge in [-0.15, -0.1) is 0 Å². The van der Waals surface area contributed by atoms with Crippen molar-refractivity contribution in [2.75, 3.05) is 32.7 Å². The number of furan rings is 1. The second-order valence-corrected chi connectivity index (χ2v) is 7.70. The van der Waals surface area contributed by atoms with Crippen LogP contribution in [0, 0.1) is 11.8 Å². The smallest absolute Gasteiger partial charge is 0.126 e. The molecule has 4 nitrogen and oxygen atoms in total. The molecule has 2 aromatic heterocycles. The van der Waals surface area contributed by atoms with Gasteiger partial charge in [0.15, 0.2) is 0 Å². The van der Waals surface area contributed by atoms with Crippen molar-refractivity contribution < 1.29 is 4.42 Å². The standard InChI is InChI=1S/C22H29N3O/c1-4-19(16-23-10-1)17-25-12-7-20(8-13-25)21-9-14-24(18-21)11-2-5-22-6-3-15-26-22/h1-6,10,15-16,20-21H,7-9,11-14,17-18H2/b5-2+. The van der Waals surface area contributed by atoms with E-state index in [1.807, 2.05) is 30.6 Å². The van der Waals surface area contributed by atoms with Gasteiger partial charge in [-0.3, -0.25) is 14.8 Å². The summed E-state index contributed by atoms with van der Waals surface area (Å²) in [5.41, 5.74) is 1.33. The van der Waals surface area contributed by atoms with Crippen molar-refractivity contribution >= 4 is 6.08 Å². The summed E-state index contributed by atoms with van der Waals surface area (Å²) in [6.45, 7) is 7.05. The molecule has 4 heteroatoms. The Balaban J connectivity index is 1.19. The van der Waals surface area contributed by atoms with Crippen molar-refractivity contribution in [3.8, 4) is 0 Å². The molecule has 1 unspecified atom stereocenters. The molecule has 2 fully saturated rings. The summed E-state index contributed by atoms with van der Waals surface area (Å²) in [6, 6.07) is 8.16. The molecular weight excluding hydrogens is 322 g/mol. The maximum Gasteiger partial charge on any atom is 0.126 e. The van der Waals surface area contributed by atoms with Crippen LogP contribution < -0.4 is 0 Å². The van der Waals surface area contributed by atoms with E-state index in [2.05, 4.69) is 33.0 Å². The summed E-state index contributed by atoms with van der Waals surface area (Å²) in [5.74, 6) is 2.73. The number of nitrogens with zero attached hydrogens (tertiary/aromatic N) is 3. The average molecular weight is 351 g/mol. The van der Waals surface area contributed by atoms with Crippen LogP contribution in [-0.4, -0.2) is 47.5 Å². The summed E-state index contributed by atoms with van der Waals surface area (Å²) in [4.78, 5) is 9.41.